The Labute approximate surface area is 130 Å². The van der Waals surface area contributed by atoms with Crippen LogP contribution in [0.15, 0.2) is 35.1 Å². The average molecular weight is 356 g/mol. The number of anilines is 1. The van der Waals surface area contributed by atoms with Crippen LogP contribution < -0.4 is 10.5 Å². The first kappa shape index (κ1) is 14.8. The van der Waals surface area contributed by atoms with E-state index in [4.69, 9.17) is 22.1 Å². The molecule has 2 aromatic rings. The van der Waals surface area contributed by atoms with Crippen molar-refractivity contribution < 1.29 is 9.53 Å². The zero-order valence-corrected chi connectivity index (χ0v) is 13.0. The van der Waals surface area contributed by atoms with E-state index in [1.54, 1.807) is 24.4 Å². The molecule has 0 spiro atoms. The summed E-state index contributed by atoms with van der Waals surface area (Å²) < 4.78 is 6.40. The average Bonchev–Trinajstić information content (AvgIpc) is 2.38. The number of Topliss-reactive ketones (excluding diaryl/α,β-unsaturated/α-hetero) is 1. The Morgan fingerprint density at radius 2 is 2.25 bits per heavy atom. The maximum Gasteiger partial charge on any atom is 0.163 e. The van der Waals surface area contributed by atoms with Crippen molar-refractivity contribution in [2.24, 2.45) is 0 Å². The number of nitrogen functional groups attached to an aromatic ring is 1. The van der Waals surface area contributed by atoms with Gasteiger partial charge in [0.25, 0.3) is 0 Å². The van der Waals surface area contributed by atoms with Crippen molar-refractivity contribution >= 4 is 39.0 Å². The summed E-state index contributed by atoms with van der Waals surface area (Å²) in [6, 6.07) is 5.13. The fraction of sp³-hybridized carbons (Fsp3) is 0.143. The van der Waals surface area contributed by atoms with Crippen LogP contribution in [0.2, 0.25) is 5.02 Å². The highest BCUT2D eigenvalue weighted by molar-refractivity contribution is 9.10. The Balaban J connectivity index is 2.30. The molecule has 6 heteroatoms. The summed E-state index contributed by atoms with van der Waals surface area (Å²) in [7, 11) is 0. The molecule has 1 heterocycles. The number of nitrogens with two attached hydrogens (primary N) is 1. The highest BCUT2D eigenvalue weighted by Gasteiger charge is 2.14. The SMILES string of the molecule is CC(=O)c1cc(Br)cc(N)c1OCc1ccncc1Cl. The quantitative estimate of drug-likeness (QED) is 0.668. The van der Waals surface area contributed by atoms with Gasteiger partial charge in [-0.25, -0.2) is 0 Å². The minimum absolute atomic E-state index is 0.117. The van der Waals surface area contributed by atoms with Gasteiger partial charge in [-0.15, -0.1) is 0 Å². The van der Waals surface area contributed by atoms with E-state index >= 15 is 0 Å². The van der Waals surface area contributed by atoms with Crippen molar-refractivity contribution in [1.82, 2.24) is 4.98 Å². The number of nitrogens with zero attached hydrogens (tertiary/aromatic N) is 1. The molecule has 0 saturated carbocycles. The molecule has 0 atom stereocenters. The van der Waals surface area contributed by atoms with Crippen LogP contribution in [0.5, 0.6) is 5.75 Å². The molecule has 0 fully saturated rings. The van der Waals surface area contributed by atoms with Crippen LogP contribution in [-0.4, -0.2) is 10.8 Å². The van der Waals surface area contributed by atoms with Crippen molar-refractivity contribution in [3.05, 3.63) is 51.2 Å². The lowest BCUT2D eigenvalue weighted by molar-refractivity contribution is 0.101. The van der Waals surface area contributed by atoms with Crippen LogP contribution in [0.4, 0.5) is 5.69 Å². The van der Waals surface area contributed by atoms with E-state index in [2.05, 4.69) is 20.9 Å². The monoisotopic (exact) mass is 354 g/mol. The molecule has 2 rings (SSSR count). The van der Waals surface area contributed by atoms with E-state index in [-0.39, 0.29) is 12.4 Å². The van der Waals surface area contributed by atoms with Crippen molar-refractivity contribution in [2.75, 3.05) is 5.73 Å². The fourth-order valence-corrected chi connectivity index (χ4v) is 2.36. The van der Waals surface area contributed by atoms with Crippen LogP contribution in [0.25, 0.3) is 0 Å². The number of carbonyl (C=O) groups is 1. The van der Waals surface area contributed by atoms with Gasteiger partial charge in [-0.2, -0.15) is 0 Å². The second-order valence-corrected chi connectivity index (χ2v) is 5.51. The maximum atomic E-state index is 11.7. The van der Waals surface area contributed by atoms with Crippen molar-refractivity contribution in [3.8, 4) is 5.75 Å². The van der Waals surface area contributed by atoms with E-state index in [0.717, 1.165) is 10.0 Å². The Bertz CT molecular complexity index is 662. The molecule has 0 saturated heterocycles. The first-order valence-corrected chi connectivity index (χ1v) is 6.97. The van der Waals surface area contributed by atoms with Crippen LogP contribution in [0.3, 0.4) is 0 Å². The first-order valence-electron chi connectivity index (χ1n) is 5.80. The molecule has 1 aromatic heterocycles. The summed E-state index contributed by atoms with van der Waals surface area (Å²) in [5.41, 5.74) is 7.52. The number of ketones is 1. The third-order valence-electron chi connectivity index (χ3n) is 2.69. The van der Waals surface area contributed by atoms with Crippen molar-refractivity contribution in [2.45, 2.75) is 13.5 Å². The van der Waals surface area contributed by atoms with Crippen LogP contribution in [-0.2, 0) is 6.61 Å². The molecule has 0 aliphatic rings. The Morgan fingerprint density at radius 1 is 1.50 bits per heavy atom. The number of aromatic nitrogens is 1. The number of rotatable bonds is 4. The summed E-state index contributed by atoms with van der Waals surface area (Å²) in [5.74, 6) is 0.252. The molecule has 20 heavy (non-hydrogen) atoms. The largest absolute Gasteiger partial charge is 0.486 e. The fourth-order valence-electron chi connectivity index (χ4n) is 1.71. The lowest BCUT2D eigenvalue weighted by atomic mass is 10.1. The lowest BCUT2D eigenvalue weighted by Gasteiger charge is -2.13. The minimum Gasteiger partial charge on any atom is -0.486 e. The Kier molecular flexibility index (Phi) is 4.62. The minimum atomic E-state index is -0.117. The van der Waals surface area contributed by atoms with Crippen molar-refractivity contribution in [1.29, 1.82) is 0 Å². The number of ether oxygens (including phenoxy) is 1. The molecular formula is C14H12BrClN2O2. The first-order chi connectivity index (χ1) is 9.49. The van der Waals surface area contributed by atoms with E-state index in [9.17, 15) is 4.79 Å². The predicted octanol–water partition coefficient (Wildman–Crippen LogP) is 3.86. The molecule has 1 aromatic carbocycles. The summed E-state index contributed by atoms with van der Waals surface area (Å²) >= 11 is 9.32. The lowest BCUT2D eigenvalue weighted by Crippen LogP contribution is -2.05. The second kappa shape index (κ2) is 6.24. The molecule has 104 valence electrons. The van der Waals surface area contributed by atoms with Crippen LogP contribution in [0.1, 0.15) is 22.8 Å². The third kappa shape index (κ3) is 3.29. The highest BCUT2D eigenvalue weighted by atomic mass is 79.9. The molecule has 0 amide bonds. The van der Waals surface area contributed by atoms with E-state index in [1.165, 1.54) is 13.1 Å². The Morgan fingerprint density at radius 3 is 2.90 bits per heavy atom. The highest BCUT2D eigenvalue weighted by Crippen LogP contribution is 2.32. The van der Waals surface area contributed by atoms with Gasteiger partial charge in [0, 0.05) is 22.4 Å². The van der Waals surface area contributed by atoms with Gasteiger partial charge < -0.3 is 10.5 Å². The summed E-state index contributed by atoms with van der Waals surface area (Å²) in [6.45, 7) is 1.68. The number of hydrogen-bond donors (Lipinski definition) is 1. The zero-order chi connectivity index (χ0) is 14.7. The number of pyridine rings is 1. The van der Waals surface area contributed by atoms with Crippen LogP contribution in [0, 0.1) is 0 Å². The van der Waals surface area contributed by atoms with Gasteiger partial charge in [0.2, 0.25) is 0 Å². The number of hydrogen-bond acceptors (Lipinski definition) is 4. The number of carbonyl (C=O) groups excluding carboxylic acids is 1. The smallest absolute Gasteiger partial charge is 0.163 e. The molecular weight excluding hydrogens is 344 g/mol. The molecule has 0 radical (unpaired) electrons. The van der Waals surface area contributed by atoms with Gasteiger partial charge in [0.1, 0.15) is 6.61 Å². The standard InChI is InChI=1S/C14H12BrClN2O2/c1-8(19)11-4-10(15)5-13(17)14(11)20-7-9-2-3-18-6-12(9)16/h2-6H,7,17H2,1H3. The molecule has 0 aliphatic carbocycles. The topological polar surface area (TPSA) is 65.2 Å². The van der Waals surface area contributed by atoms with Gasteiger partial charge in [0.15, 0.2) is 11.5 Å². The normalized spacial score (nSPS) is 10.3. The predicted molar refractivity (Wildman–Crippen MR) is 82.1 cm³/mol. The van der Waals surface area contributed by atoms with Crippen molar-refractivity contribution in [3.63, 3.8) is 0 Å². The molecule has 0 bridgehead atoms. The molecule has 0 aliphatic heterocycles. The third-order valence-corrected chi connectivity index (χ3v) is 3.49. The van der Waals surface area contributed by atoms with E-state index in [1.807, 2.05) is 0 Å². The second-order valence-electron chi connectivity index (χ2n) is 4.18. The maximum absolute atomic E-state index is 11.7. The molecule has 0 unspecified atom stereocenters. The summed E-state index contributed by atoms with van der Waals surface area (Å²) in [6.07, 6.45) is 3.17. The molecule has 2 N–H and O–H groups in total. The number of benzene rings is 1. The summed E-state index contributed by atoms with van der Waals surface area (Å²) in [5, 5.41) is 0.507. The van der Waals surface area contributed by atoms with Gasteiger partial charge in [-0.1, -0.05) is 27.5 Å². The number of halogens is 2. The van der Waals surface area contributed by atoms with Gasteiger partial charge in [-0.3, -0.25) is 9.78 Å². The van der Waals surface area contributed by atoms with Gasteiger partial charge >= 0.3 is 0 Å². The Hall–Kier alpha value is -1.59. The molecule has 4 nitrogen and oxygen atoms in total. The van der Waals surface area contributed by atoms with E-state index < -0.39 is 0 Å². The van der Waals surface area contributed by atoms with Gasteiger partial charge in [0.05, 0.1) is 16.3 Å². The van der Waals surface area contributed by atoms with E-state index in [0.29, 0.717) is 22.0 Å². The zero-order valence-electron chi connectivity index (χ0n) is 10.7. The van der Waals surface area contributed by atoms with Crippen LogP contribution >= 0.6 is 27.5 Å². The van der Waals surface area contributed by atoms with Gasteiger partial charge in [-0.05, 0) is 25.1 Å². The summed E-state index contributed by atoms with van der Waals surface area (Å²) in [4.78, 5) is 15.6.